The van der Waals surface area contributed by atoms with Crippen LogP contribution < -0.4 is 10.6 Å². The highest BCUT2D eigenvalue weighted by atomic mass is 19.4. The van der Waals surface area contributed by atoms with Crippen LogP contribution >= 0.6 is 0 Å². The number of hydrogen-bond acceptors (Lipinski definition) is 2. The van der Waals surface area contributed by atoms with E-state index in [-0.39, 0.29) is 19.5 Å². The Balaban J connectivity index is 2.26. The molecule has 1 aliphatic rings. The van der Waals surface area contributed by atoms with Gasteiger partial charge in [-0.1, -0.05) is 39.5 Å². The summed E-state index contributed by atoms with van der Waals surface area (Å²) in [7, 11) is 0. The number of carbonyl (C=O) groups is 1. The summed E-state index contributed by atoms with van der Waals surface area (Å²) in [6.45, 7) is 4.61. The minimum atomic E-state index is -4.49. The molecule has 3 nitrogen and oxygen atoms in total. The lowest BCUT2D eigenvalue weighted by Crippen LogP contribution is -2.52. The van der Waals surface area contributed by atoms with Crippen molar-refractivity contribution < 1.29 is 18.0 Å². The number of rotatable bonds is 8. The SMILES string of the molecule is CC(C)CCCCCCNC(=O)C1(C(F)(F)F)CCNC1. The van der Waals surface area contributed by atoms with E-state index in [9.17, 15) is 18.0 Å². The van der Waals surface area contributed by atoms with Gasteiger partial charge in [-0.05, 0) is 25.3 Å². The van der Waals surface area contributed by atoms with E-state index in [4.69, 9.17) is 0 Å². The molecule has 0 aromatic carbocycles. The second-order valence-electron chi connectivity index (χ2n) is 6.36. The molecule has 0 aliphatic carbocycles. The smallest absolute Gasteiger partial charge is 0.355 e. The molecule has 1 atom stereocenters. The second-order valence-corrected chi connectivity index (χ2v) is 6.36. The average Bonchev–Trinajstić information content (AvgIpc) is 2.87. The fraction of sp³-hybridized carbons (Fsp3) is 0.933. The van der Waals surface area contributed by atoms with Crippen LogP contribution in [0.3, 0.4) is 0 Å². The molecule has 2 N–H and O–H groups in total. The van der Waals surface area contributed by atoms with Crippen LogP contribution in [0.5, 0.6) is 0 Å². The Hall–Kier alpha value is -0.780. The Morgan fingerprint density at radius 1 is 1.24 bits per heavy atom. The summed E-state index contributed by atoms with van der Waals surface area (Å²) in [6, 6.07) is 0. The zero-order valence-electron chi connectivity index (χ0n) is 13.0. The minimum absolute atomic E-state index is 0.170. The highest BCUT2D eigenvalue weighted by molar-refractivity contribution is 5.84. The van der Waals surface area contributed by atoms with E-state index in [1.807, 2.05) is 0 Å². The highest BCUT2D eigenvalue weighted by Crippen LogP contribution is 2.43. The van der Waals surface area contributed by atoms with Crippen molar-refractivity contribution >= 4 is 5.91 Å². The number of amides is 1. The Morgan fingerprint density at radius 2 is 1.90 bits per heavy atom. The molecule has 124 valence electrons. The van der Waals surface area contributed by atoms with Crippen LogP contribution in [0, 0.1) is 11.3 Å². The molecule has 0 saturated carbocycles. The zero-order valence-corrected chi connectivity index (χ0v) is 13.0. The molecule has 0 spiro atoms. The maximum atomic E-state index is 13.1. The van der Waals surface area contributed by atoms with Gasteiger partial charge in [-0.2, -0.15) is 13.2 Å². The van der Waals surface area contributed by atoms with Gasteiger partial charge in [0.05, 0.1) is 0 Å². The summed E-state index contributed by atoms with van der Waals surface area (Å²) in [4.78, 5) is 11.9. The molecule has 21 heavy (non-hydrogen) atoms. The molecule has 1 fully saturated rings. The Kier molecular flexibility index (Phi) is 6.97. The molecule has 0 bridgehead atoms. The zero-order chi connectivity index (χ0) is 15.9. The molecule has 1 heterocycles. The predicted octanol–water partition coefficient (Wildman–Crippen LogP) is 3.25. The maximum Gasteiger partial charge on any atom is 0.404 e. The third kappa shape index (κ3) is 5.16. The molecule has 6 heteroatoms. The number of hydrogen-bond donors (Lipinski definition) is 2. The normalized spacial score (nSPS) is 22.8. The molecule has 1 saturated heterocycles. The van der Waals surface area contributed by atoms with E-state index in [1.165, 1.54) is 6.42 Å². The molecule has 1 unspecified atom stereocenters. The lowest BCUT2D eigenvalue weighted by atomic mass is 9.85. The van der Waals surface area contributed by atoms with Gasteiger partial charge in [-0.25, -0.2) is 0 Å². The predicted molar refractivity (Wildman–Crippen MR) is 76.9 cm³/mol. The summed E-state index contributed by atoms with van der Waals surface area (Å²) in [5, 5.41) is 5.12. The van der Waals surface area contributed by atoms with Crippen molar-refractivity contribution in [3.05, 3.63) is 0 Å². The number of alkyl halides is 3. The van der Waals surface area contributed by atoms with Crippen molar-refractivity contribution in [2.75, 3.05) is 19.6 Å². The second kappa shape index (κ2) is 8.01. The first-order valence-electron chi connectivity index (χ1n) is 7.85. The number of unbranched alkanes of at least 4 members (excludes halogenated alkanes) is 3. The molecule has 0 radical (unpaired) electrons. The monoisotopic (exact) mass is 308 g/mol. The van der Waals surface area contributed by atoms with Crippen LogP contribution in [-0.2, 0) is 4.79 Å². The van der Waals surface area contributed by atoms with E-state index in [0.717, 1.165) is 25.7 Å². The van der Waals surface area contributed by atoms with Crippen molar-refractivity contribution in [2.24, 2.45) is 11.3 Å². The number of carbonyl (C=O) groups excluding carboxylic acids is 1. The lowest BCUT2D eigenvalue weighted by Gasteiger charge is -2.29. The summed E-state index contributed by atoms with van der Waals surface area (Å²) >= 11 is 0. The van der Waals surface area contributed by atoms with Gasteiger partial charge in [-0.15, -0.1) is 0 Å². The molecule has 1 aliphatic heterocycles. The fourth-order valence-corrected chi connectivity index (χ4v) is 2.66. The van der Waals surface area contributed by atoms with E-state index >= 15 is 0 Å². The topological polar surface area (TPSA) is 41.1 Å². The molecule has 1 rings (SSSR count). The van der Waals surface area contributed by atoms with Gasteiger partial charge in [0.25, 0.3) is 0 Å². The molecule has 0 aromatic heterocycles. The summed E-state index contributed by atoms with van der Waals surface area (Å²) in [5.74, 6) is -0.187. The van der Waals surface area contributed by atoms with Crippen molar-refractivity contribution in [1.29, 1.82) is 0 Å². The average molecular weight is 308 g/mol. The quantitative estimate of drug-likeness (QED) is 0.676. The van der Waals surface area contributed by atoms with Crippen LogP contribution in [0.25, 0.3) is 0 Å². The van der Waals surface area contributed by atoms with E-state index < -0.39 is 17.5 Å². The minimum Gasteiger partial charge on any atom is -0.355 e. The summed E-state index contributed by atoms with van der Waals surface area (Å²) in [6.07, 6.45) is 0.418. The van der Waals surface area contributed by atoms with Crippen LogP contribution in [0.1, 0.15) is 52.4 Å². The first-order valence-corrected chi connectivity index (χ1v) is 7.85. The summed E-state index contributed by atoms with van der Waals surface area (Å²) < 4.78 is 39.4. The van der Waals surface area contributed by atoms with Gasteiger partial charge in [0, 0.05) is 13.1 Å². The van der Waals surface area contributed by atoms with E-state index in [0.29, 0.717) is 12.5 Å². The van der Waals surface area contributed by atoms with Gasteiger partial charge >= 0.3 is 6.18 Å². The third-order valence-corrected chi connectivity index (χ3v) is 4.13. The van der Waals surface area contributed by atoms with Gasteiger partial charge in [-0.3, -0.25) is 4.79 Å². The highest BCUT2D eigenvalue weighted by Gasteiger charge is 2.61. The molecular formula is C15H27F3N2O. The summed E-state index contributed by atoms with van der Waals surface area (Å²) in [5.41, 5.74) is -2.23. The molecule has 0 aromatic rings. The van der Waals surface area contributed by atoms with Gasteiger partial charge in [0.2, 0.25) is 5.91 Å². The van der Waals surface area contributed by atoms with Crippen molar-refractivity contribution in [1.82, 2.24) is 10.6 Å². The fourth-order valence-electron chi connectivity index (χ4n) is 2.66. The van der Waals surface area contributed by atoms with E-state index in [2.05, 4.69) is 24.5 Å². The first kappa shape index (κ1) is 18.3. The molecule has 1 amide bonds. The van der Waals surface area contributed by atoms with Crippen LogP contribution in [0.15, 0.2) is 0 Å². The van der Waals surface area contributed by atoms with Crippen molar-refractivity contribution in [3.8, 4) is 0 Å². The third-order valence-electron chi connectivity index (χ3n) is 4.13. The largest absolute Gasteiger partial charge is 0.404 e. The van der Waals surface area contributed by atoms with Crippen LogP contribution in [0.4, 0.5) is 13.2 Å². The Labute approximate surface area is 125 Å². The Morgan fingerprint density at radius 3 is 2.43 bits per heavy atom. The van der Waals surface area contributed by atoms with E-state index in [1.54, 1.807) is 0 Å². The van der Waals surface area contributed by atoms with Crippen LogP contribution in [0.2, 0.25) is 0 Å². The maximum absolute atomic E-state index is 13.1. The molecular weight excluding hydrogens is 281 g/mol. The van der Waals surface area contributed by atoms with Crippen LogP contribution in [-0.4, -0.2) is 31.7 Å². The van der Waals surface area contributed by atoms with Gasteiger partial charge < -0.3 is 10.6 Å². The van der Waals surface area contributed by atoms with Crippen molar-refractivity contribution in [2.45, 2.75) is 58.5 Å². The number of nitrogens with one attached hydrogen (secondary N) is 2. The lowest BCUT2D eigenvalue weighted by molar-refractivity contribution is -0.216. The van der Waals surface area contributed by atoms with Gasteiger partial charge in [0.15, 0.2) is 5.41 Å². The first-order chi connectivity index (χ1) is 9.79. The Bertz CT molecular complexity index is 323. The number of halogens is 3. The van der Waals surface area contributed by atoms with Crippen molar-refractivity contribution in [3.63, 3.8) is 0 Å². The van der Waals surface area contributed by atoms with Gasteiger partial charge in [0.1, 0.15) is 0 Å². The standard InChI is InChI=1S/C15H27F3N2O/c1-12(2)7-5-3-4-6-9-20-13(21)14(15(16,17)18)8-10-19-11-14/h12,19H,3-11H2,1-2H3,(H,20,21).